The Labute approximate surface area is 211 Å². The number of hydrogen-bond donors (Lipinski definition) is 1. The van der Waals surface area contributed by atoms with Gasteiger partial charge in [0.2, 0.25) is 11.8 Å². The Bertz CT molecular complexity index is 1210. The highest BCUT2D eigenvalue weighted by Crippen LogP contribution is 2.30. The molecule has 0 spiro atoms. The highest BCUT2D eigenvalue weighted by atomic mass is 35.5. The zero-order chi connectivity index (χ0) is 24.8. The third-order valence-corrected chi connectivity index (χ3v) is 6.56. The van der Waals surface area contributed by atoms with Gasteiger partial charge in [-0.15, -0.1) is 0 Å². The lowest BCUT2D eigenvalue weighted by atomic mass is 10.1. The van der Waals surface area contributed by atoms with Crippen molar-refractivity contribution in [3.05, 3.63) is 77.0 Å². The van der Waals surface area contributed by atoms with Gasteiger partial charge in [-0.2, -0.15) is 0 Å². The smallest absolute Gasteiger partial charge is 0.248 e. The Hall–Kier alpha value is -3.51. The van der Waals surface area contributed by atoms with E-state index in [1.807, 2.05) is 73.3 Å². The van der Waals surface area contributed by atoms with Crippen molar-refractivity contribution in [2.24, 2.45) is 0 Å². The van der Waals surface area contributed by atoms with E-state index in [9.17, 15) is 9.59 Å². The van der Waals surface area contributed by atoms with Gasteiger partial charge in [0.05, 0.1) is 0 Å². The van der Waals surface area contributed by atoms with Crippen LogP contribution in [0.5, 0.6) is 0 Å². The van der Waals surface area contributed by atoms with Crippen LogP contribution in [-0.4, -0.2) is 42.9 Å². The third kappa shape index (κ3) is 6.14. The minimum absolute atomic E-state index is 0.238. The summed E-state index contributed by atoms with van der Waals surface area (Å²) in [7, 11) is 0. The highest BCUT2D eigenvalue weighted by Gasteiger charge is 2.20. The second-order valence-electron chi connectivity index (χ2n) is 8.60. The molecule has 3 aromatic rings. The SMILES string of the molecule is CCCC(=O)N1CCN(c2ccc(NC(=O)C=Cc3ccc(-c4cccc(Cl)c4C)o3)cc2)CC1. The summed E-state index contributed by atoms with van der Waals surface area (Å²) < 4.78 is 5.87. The lowest BCUT2D eigenvalue weighted by Crippen LogP contribution is -2.48. The van der Waals surface area contributed by atoms with E-state index in [0.717, 1.165) is 55.1 Å². The summed E-state index contributed by atoms with van der Waals surface area (Å²) in [5.74, 6) is 1.29. The first-order valence-corrected chi connectivity index (χ1v) is 12.3. The number of rotatable bonds is 7. The van der Waals surface area contributed by atoms with Crippen molar-refractivity contribution >= 4 is 40.9 Å². The third-order valence-electron chi connectivity index (χ3n) is 6.16. The van der Waals surface area contributed by atoms with Crippen LogP contribution in [0.2, 0.25) is 5.02 Å². The van der Waals surface area contributed by atoms with Crippen LogP contribution in [0.25, 0.3) is 17.4 Å². The van der Waals surface area contributed by atoms with E-state index < -0.39 is 0 Å². The number of benzene rings is 2. The van der Waals surface area contributed by atoms with Gasteiger partial charge in [-0.05, 0) is 67.4 Å². The Morgan fingerprint density at radius 2 is 1.77 bits per heavy atom. The maximum Gasteiger partial charge on any atom is 0.248 e. The summed E-state index contributed by atoms with van der Waals surface area (Å²) >= 11 is 6.21. The van der Waals surface area contributed by atoms with Crippen LogP contribution in [0.1, 0.15) is 31.1 Å². The Kier molecular flexibility index (Phi) is 7.93. The van der Waals surface area contributed by atoms with Gasteiger partial charge in [0, 0.05) is 60.6 Å². The summed E-state index contributed by atoms with van der Waals surface area (Å²) in [6.07, 6.45) is 4.60. The first kappa shape index (κ1) is 24.6. The van der Waals surface area contributed by atoms with Crippen LogP contribution in [0, 0.1) is 6.92 Å². The van der Waals surface area contributed by atoms with E-state index >= 15 is 0 Å². The molecule has 4 rings (SSSR count). The highest BCUT2D eigenvalue weighted by molar-refractivity contribution is 6.31. The van der Waals surface area contributed by atoms with Gasteiger partial charge < -0.3 is 19.5 Å². The first-order chi connectivity index (χ1) is 16.9. The van der Waals surface area contributed by atoms with Crippen LogP contribution >= 0.6 is 11.6 Å². The van der Waals surface area contributed by atoms with Crippen LogP contribution in [0.3, 0.4) is 0 Å². The van der Waals surface area contributed by atoms with Gasteiger partial charge in [0.15, 0.2) is 0 Å². The van der Waals surface area contributed by atoms with Crippen molar-refractivity contribution in [3.63, 3.8) is 0 Å². The number of piperazine rings is 1. The predicted octanol–water partition coefficient (Wildman–Crippen LogP) is 6.01. The number of furan rings is 1. The van der Waals surface area contributed by atoms with Crippen molar-refractivity contribution in [1.82, 2.24) is 4.90 Å². The van der Waals surface area contributed by atoms with Crippen LogP contribution in [0.4, 0.5) is 11.4 Å². The van der Waals surface area contributed by atoms with Crippen LogP contribution in [0.15, 0.2) is 65.1 Å². The van der Waals surface area contributed by atoms with E-state index in [2.05, 4.69) is 10.2 Å². The molecular weight excluding hydrogens is 462 g/mol. The molecule has 1 saturated heterocycles. The normalized spacial score (nSPS) is 13.9. The maximum atomic E-state index is 12.4. The van der Waals surface area contributed by atoms with Crippen LogP contribution in [-0.2, 0) is 9.59 Å². The number of carbonyl (C=O) groups excluding carboxylic acids is 2. The summed E-state index contributed by atoms with van der Waals surface area (Å²) in [4.78, 5) is 28.7. The molecule has 1 aliphatic heterocycles. The van der Waals surface area contributed by atoms with Gasteiger partial charge in [0.25, 0.3) is 0 Å². The molecule has 182 valence electrons. The van der Waals surface area contributed by atoms with E-state index in [-0.39, 0.29) is 11.8 Å². The summed E-state index contributed by atoms with van der Waals surface area (Å²) in [6, 6.07) is 17.1. The fourth-order valence-electron chi connectivity index (χ4n) is 4.14. The molecule has 1 aliphatic rings. The van der Waals surface area contributed by atoms with E-state index in [0.29, 0.717) is 23.0 Å². The molecular formula is C28H30ClN3O3. The summed E-state index contributed by atoms with van der Waals surface area (Å²) in [5.41, 5.74) is 3.68. The molecule has 7 heteroatoms. The van der Waals surface area contributed by atoms with E-state index in [4.69, 9.17) is 16.0 Å². The monoisotopic (exact) mass is 491 g/mol. The standard InChI is InChI=1S/C28H30ClN3O3/c1-3-5-28(34)32-18-16-31(17-19-32)22-10-8-21(9-11-22)30-27(33)15-13-23-12-14-26(35-23)24-6-4-7-25(29)20(24)2/h4,6-15H,3,5,16-19H2,1-2H3,(H,30,33). The van der Waals surface area contributed by atoms with Crippen molar-refractivity contribution in [1.29, 1.82) is 0 Å². The maximum absolute atomic E-state index is 12.4. The minimum Gasteiger partial charge on any atom is -0.457 e. The average molecular weight is 492 g/mol. The van der Waals surface area contributed by atoms with Crippen LogP contribution < -0.4 is 10.2 Å². The quantitative estimate of drug-likeness (QED) is 0.411. The average Bonchev–Trinajstić information content (AvgIpc) is 3.34. The van der Waals surface area contributed by atoms with E-state index in [1.165, 1.54) is 6.08 Å². The molecule has 2 amide bonds. The molecule has 0 saturated carbocycles. The van der Waals surface area contributed by atoms with Gasteiger partial charge in [-0.3, -0.25) is 9.59 Å². The van der Waals surface area contributed by atoms with Crippen molar-refractivity contribution in [2.75, 3.05) is 36.4 Å². The number of nitrogens with one attached hydrogen (secondary N) is 1. The predicted molar refractivity (Wildman–Crippen MR) is 142 cm³/mol. The van der Waals surface area contributed by atoms with Gasteiger partial charge in [-0.1, -0.05) is 30.7 Å². The number of carbonyl (C=O) groups is 2. The molecule has 2 aromatic carbocycles. The number of anilines is 2. The Morgan fingerprint density at radius 1 is 1.03 bits per heavy atom. The van der Waals surface area contributed by atoms with Crippen molar-refractivity contribution in [2.45, 2.75) is 26.7 Å². The van der Waals surface area contributed by atoms with Gasteiger partial charge >= 0.3 is 0 Å². The van der Waals surface area contributed by atoms with Gasteiger partial charge in [-0.25, -0.2) is 0 Å². The molecule has 0 unspecified atom stereocenters. The fourth-order valence-corrected chi connectivity index (χ4v) is 4.32. The van der Waals surface area contributed by atoms with Crippen molar-refractivity contribution in [3.8, 4) is 11.3 Å². The largest absolute Gasteiger partial charge is 0.457 e. The zero-order valence-electron chi connectivity index (χ0n) is 20.1. The Balaban J connectivity index is 1.30. The molecule has 6 nitrogen and oxygen atoms in total. The molecule has 0 radical (unpaired) electrons. The lowest BCUT2D eigenvalue weighted by Gasteiger charge is -2.36. The molecule has 1 fully saturated rings. The lowest BCUT2D eigenvalue weighted by molar-refractivity contribution is -0.131. The topological polar surface area (TPSA) is 65.8 Å². The summed E-state index contributed by atoms with van der Waals surface area (Å²) in [5, 5.41) is 3.56. The molecule has 0 atom stereocenters. The molecule has 35 heavy (non-hydrogen) atoms. The molecule has 1 aromatic heterocycles. The second kappa shape index (κ2) is 11.3. The number of hydrogen-bond acceptors (Lipinski definition) is 4. The zero-order valence-corrected chi connectivity index (χ0v) is 20.8. The second-order valence-corrected chi connectivity index (χ2v) is 9.01. The number of amides is 2. The first-order valence-electron chi connectivity index (χ1n) is 11.9. The van der Waals surface area contributed by atoms with Crippen molar-refractivity contribution < 1.29 is 14.0 Å². The fraction of sp³-hybridized carbons (Fsp3) is 0.286. The van der Waals surface area contributed by atoms with E-state index in [1.54, 1.807) is 6.08 Å². The molecule has 1 N–H and O–H groups in total. The number of halogens is 1. The van der Waals surface area contributed by atoms with Gasteiger partial charge in [0.1, 0.15) is 11.5 Å². The summed E-state index contributed by atoms with van der Waals surface area (Å²) in [6.45, 7) is 7.08. The minimum atomic E-state index is -0.238. The number of nitrogens with zero attached hydrogens (tertiary/aromatic N) is 2. The molecule has 0 aliphatic carbocycles. The Morgan fingerprint density at radius 3 is 2.49 bits per heavy atom. The molecule has 2 heterocycles. The molecule has 0 bridgehead atoms.